The second kappa shape index (κ2) is 5.06. The van der Waals surface area contributed by atoms with E-state index < -0.39 is 9.52 Å². The Morgan fingerprint density at radius 1 is 1.22 bits per heavy atom. The predicted octanol–water partition coefficient (Wildman–Crippen LogP) is 2.28. The van der Waals surface area contributed by atoms with Crippen LogP contribution in [0.15, 0.2) is 24.3 Å². The highest BCUT2D eigenvalue weighted by Gasteiger charge is 2.06. The van der Waals surface area contributed by atoms with E-state index >= 15 is 0 Å². The number of para-hydroxylation sites is 1. The summed E-state index contributed by atoms with van der Waals surface area (Å²) < 4.78 is 12.0. The second-order valence-corrected chi connectivity index (χ2v) is 7.57. The van der Waals surface area contributed by atoms with Gasteiger partial charge in [0.2, 0.25) is 0 Å². The van der Waals surface area contributed by atoms with Crippen molar-refractivity contribution in [2.45, 2.75) is 19.8 Å². The third kappa shape index (κ3) is 3.07. The Balaban J connectivity index is 2.72. The first-order valence-electron chi connectivity index (χ1n) is 6.04. The van der Waals surface area contributed by atoms with Gasteiger partial charge in [0, 0.05) is 29.7 Å². The average molecular weight is 262 g/mol. The molecule has 3 nitrogen and oxygen atoms in total. The van der Waals surface area contributed by atoms with Crippen LogP contribution in [0.2, 0.25) is 0 Å². The summed E-state index contributed by atoms with van der Waals surface area (Å²) in [6.45, 7) is 2.10. The van der Waals surface area contributed by atoms with Crippen molar-refractivity contribution in [1.82, 2.24) is 9.97 Å². The molecule has 0 aliphatic rings. The van der Waals surface area contributed by atoms with Gasteiger partial charge in [0.25, 0.3) is 0 Å². The molecule has 18 heavy (non-hydrogen) atoms. The van der Waals surface area contributed by atoms with Gasteiger partial charge in [0.1, 0.15) is 5.82 Å². The first kappa shape index (κ1) is 13.0. The summed E-state index contributed by atoms with van der Waals surface area (Å²) in [5.41, 5.74) is 1.71. The summed E-state index contributed by atoms with van der Waals surface area (Å²) >= 11 is 0. The first-order chi connectivity index (χ1) is 8.49. The van der Waals surface area contributed by atoms with Crippen molar-refractivity contribution in [3.05, 3.63) is 35.8 Å². The third-order valence-corrected chi connectivity index (χ3v) is 3.34. The first-order valence-corrected chi connectivity index (χ1v) is 8.48. The van der Waals surface area contributed by atoms with Crippen molar-refractivity contribution in [3.8, 4) is 0 Å². The van der Waals surface area contributed by atoms with Crippen molar-refractivity contribution in [3.63, 3.8) is 0 Å². The molecule has 1 heterocycles. The lowest BCUT2D eigenvalue weighted by Gasteiger charge is -2.06. The van der Waals surface area contributed by atoms with Crippen LogP contribution in [-0.4, -0.2) is 32.1 Å². The van der Waals surface area contributed by atoms with Crippen molar-refractivity contribution < 1.29 is 4.21 Å². The SMILES string of the molecule is CCCc1nc(C=S(C)(C)=O)c2ccccc2n1. The molecule has 0 fully saturated rings. The highest BCUT2D eigenvalue weighted by Crippen LogP contribution is 2.15. The molecule has 0 atom stereocenters. The van der Waals surface area contributed by atoms with E-state index in [0.717, 1.165) is 35.3 Å². The van der Waals surface area contributed by atoms with Crippen LogP contribution in [0.1, 0.15) is 24.9 Å². The molecule has 0 unspecified atom stereocenters. The lowest BCUT2D eigenvalue weighted by atomic mass is 10.2. The number of rotatable bonds is 3. The van der Waals surface area contributed by atoms with Crippen LogP contribution in [0.4, 0.5) is 0 Å². The average Bonchev–Trinajstić information content (AvgIpc) is 2.27. The molecule has 0 saturated heterocycles. The molecule has 0 aliphatic carbocycles. The van der Waals surface area contributed by atoms with Gasteiger partial charge in [-0.1, -0.05) is 25.1 Å². The van der Waals surface area contributed by atoms with Crippen LogP contribution in [-0.2, 0) is 15.9 Å². The molecule has 0 amide bonds. The van der Waals surface area contributed by atoms with E-state index in [-0.39, 0.29) is 0 Å². The van der Waals surface area contributed by atoms with Crippen molar-refractivity contribution in [2.24, 2.45) is 0 Å². The normalized spacial score (nSPS) is 11.7. The summed E-state index contributed by atoms with van der Waals surface area (Å²) in [6.07, 6.45) is 5.30. The molecule has 0 spiro atoms. The van der Waals surface area contributed by atoms with Crippen molar-refractivity contribution >= 4 is 25.8 Å². The van der Waals surface area contributed by atoms with Gasteiger partial charge in [-0.2, -0.15) is 0 Å². The van der Waals surface area contributed by atoms with E-state index in [1.54, 1.807) is 17.9 Å². The van der Waals surface area contributed by atoms with Gasteiger partial charge in [-0.15, -0.1) is 0 Å². The summed E-state index contributed by atoms with van der Waals surface area (Å²) in [5.74, 6) is 0.825. The van der Waals surface area contributed by atoms with Gasteiger partial charge in [-0.3, -0.25) is 4.21 Å². The Kier molecular flexibility index (Phi) is 3.66. The highest BCUT2D eigenvalue weighted by molar-refractivity contribution is 8.00. The van der Waals surface area contributed by atoms with Gasteiger partial charge < -0.3 is 0 Å². The van der Waals surface area contributed by atoms with Crippen LogP contribution >= 0.6 is 0 Å². The van der Waals surface area contributed by atoms with Crippen molar-refractivity contribution in [1.29, 1.82) is 0 Å². The van der Waals surface area contributed by atoms with Crippen LogP contribution in [0.3, 0.4) is 0 Å². The minimum Gasteiger partial charge on any atom is -0.268 e. The van der Waals surface area contributed by atoms with Gasteiger partial charge >= 0.3 is 0 Å². The highest BCUT2D eigenvalue weighted by atomic mass is 32.2. The Labute approximate surface area is 108 Å². The monoisotopic (exact) mass is 262 g/mol. The minimum absolute atomic E-state index is 0.791. The summed E-state index contributed by atoms with van der Waals surface area (Å²) in [5, 5.41) is 2.73. The number of nitrogens with zero attached hydrogens (tertiary/aromatic N) is 2. The van der Waals surface area contributed by atoms with Gasteiger partial charge in [-0.25, -0.2) is 9.97 Å². The number of fused-ring (bicyclic) bond motifs is 1. The molecule has 0 radical (unpaired) electrons. The fourth-order valence-electron chi connectivity index (χ4n) is 1.85. The molecule has 1 aromatic carbocycles. The van der Waals surface area contributed by atoms with Crippen LogP contribution in [0, 0.1) is 0 Å². The van der Waals surface area contributed by atoms with Gasteiger partial charge in [0.15, 0.2) is 0 Å². The maximum atomic E-state index is 12.0. The summed E-state index contributed by atoms with van der Waals surface area (Å²) in [4.78, 5) is 9.06. The number of aryl methyl sites for hydroxylation is 1. The number of hydrogen-bond donors (Lipinski definition) is 0. The molecule has 1 aromatic heterocycles. The zero-order chi connectivity index (χ0) is 13.2. The molecule has 96 valence electrons. The Morgan fingerprint density at radius 2 is 1.94 bits per heavy atom. The third-order valence-electron chi connectivity index (χ3n) is 2.55. The standard InChI is InChI=1S/C14H18N2OS/c1-4-7-14-15-12-9-6-5-8-11(12)13(16-14)10-18(2,3)17/h5-6,8-10H,4,7H2,1-3H3. The number of aromatic nitrogens is 2. The quantitative estimate of drug-likeness (QED) is 0.797. The fourth-order valence-corrected chi connectivity index (χ4v) is 2.56. The molecule has 2 rings (SSSR count). The molecule has 2 aromatic rings. The lowest BCUT2D eigenvalue weighted by molar-refractivity contribution is 0.688. The summed E-state index contributed by atoms with van der Waals surface area (Å²) in [7, 11) is -1.97. The largest absolute Gasteiger partial charge is 0.268 e. The van der Waals surface area contributed by atoms with Gasteiger partial charge in [0.05, 0.1) is 11.2 Å². The van der Waals surface area contributed by atoms with Crippen LogP contribution in [0.5, 0.6) is 0 Å². The maximum absolute atomic E-state index is 12.0. The minimum atomic E-state index is -1.97. The Morgan fingerprint density at radius 3 is 2.61 bits per heavy atom. The predicted molar refractivity (Wildman–Crippen MR) is 78.7 cm³/mol. The fraction of sp³-hybridized carbons (Fsp3) is 0.357. The van der Waals surface area contributed by atoms with Crippen LogP contribution in [0.25, 0.3) is 10.9 Å². The second-order valence-electron chi connectivity index (χ2n) is 4.72. The Bertz CT molecular complexity index is 677. The van der Waals surface area contributed by atoms with E-state index in [0.29, 0.717) is 0 Å². The van der Waals surface area contributed by atoms with E-state index in [1.807, 2.05) is 24.3 Å². The zero-order valence-corrected chi connectivity index (χ0v) is 11.8. The van der Waals surface area contributed by atoms with Crippen molar-refractivity contribution in [2.75, 3.05) is 12.5 Å². The number of hydrogen-bond acceptors (Lipinski definition) is 3. The van der Waals surface area contributed by atoms with Gasteiger partial charge in [-0.05, 0) is 22.0 Å². The molecule has 0 aliphatic heterocycles. The molecule has 0 N–H and O–H groups in total. The van der Waals surface area contributed by atoms with E-state index in [4.69, 9.17) is 0 Å². The van der Waals surface area contributed by atoms with E-state index in [2.05, 4.69) is 16.9 Å². The summed E-state index contributed by atoms with van der Waals surface area (Å²) in [6, 6.07) is 7.86. The molecular weight excluding hydrogens is 244 g/mol. The Hall–Kier alpha value is -1.42. The van der Waals surface area contributed by atoms with E-state index in [1.165, 1.54) is 0 Å². The van der Waals surface area contributed by atoms with E-state index in [9.17, 15) is 4.21 Å². The zero-order valence-electron chi connectivity index (χ0n) is 11.0. The lowest BCUT2D eigenvalue weighted by Crippen LogP contribution is -2.05. The number of benzene rings is 1. The maximum Gasteiger partial charge on any atom is 0.129 e. The molecule has 0 bridgehead atoms. The van der Waals surface area contributed by atoms with Crippen LogP contribution < -0.4 is 0 Å². The molecule has 4 heteroatoms. The molecular formula is C14H18N2OS. The topological polar surface area (TPSA) is 42.9 Å². The smallest absolute Gasteiger partial charge is 0.129 e. The molecule has 0 saturated carbocycles.